The summed E-state index contributed by atoms with van der Waals surface area (Å²) in [5, 5.41) is 8.83. The van der Waals surface area contributed by atoms with Crippen molar-refractivity contribution in [1.29, 1.82) is 5.26 Å². The van der Waals surface area contributed by atoms with Crippen molar-refractivity contribution in [2.24, 2.45) is 0 Å². The summed E-state index contributed by atoms with van der Waals surface area (Å²) in [6.07, 6.45) is 1.35. The van der Waals surface area contributed by atoms with E-state index in [0.717, 1.165) is 17.7 Å². The van der Waals surface area contributed by atoms with Gasteiger partial charge in [0.05, 0.1) is 12.5 Å². The Hall–Kier alpha value is -2.47. The Labute approximate surface area is 126 Å². The van der Waals surface area contributed by atoms with Crippen LogP contribution in [0.25, 0.3) is 0 Å². The minimum absolute atomic E-state index is 0.288. The third kappa shape index (κ3) is 3.55. The summed E-state index contributed by atoms with van der Waals surface area (Å²) in [7, 11) is 0. The predicted molar refractivity (Wildman–Crippen MR) is 85.4 cm³/mol. The summed E-state index contributed by atoms with van der Waals surface area (Å²) >= 11 is 0. The molecule has 0 aliphatic rings. The molecule has 2 rings (SSSR count). The van der Waals surface area contributed by atoms with Crippen molar-refractivity contribution in [2.45, 2.75) is 32.6 Å². The maximum absolute atomic E-state index is 8.83. The Morgan fingerprint density at radius 3 is 2.71 bits per heavy atom. The molecule has 0 fully saturated rings. The van der Waals surface area contributed by atoms with Crippen LogP contribution in [0.5, 0.6) is 11.5 Å². The zero-order chi connectivity index (χ0) is 15.2. The molecule has 0 aliphatic carbocycles. The number of hydrogen-bond acceptors (Lipinski definition) is 3. The molecule has 3 nitrogen and oxygen atoms in total. The maximum Gasteiger partial charge on any atom is 0.130 e. The summed E-state index contributed by atoms with van der Waals surface area (Å²) in [5.74, 6) is 2.01. The number of anilines is 1. The Kier molecular flexibility index (Phi) is 4.84. The van der Waals surface area contributed by atoms with Crippen LogP contribution < -0.4 is 10.5 Å². The SMILES string of the molecule is CCC(C)c1ccccc1Oc1ccc(N)c(CC#N)c1. The first-order valence-electron chi connectivity index (χ1n) is 7.17. The molecule has 21 heavy (non-hydrogen) atoms. The standard InChI is InChI=1S/C18H20N2O/c1-3-13(2)16-6-4-5-7-18(16)21-15-8-9-17(20)14(12-15)10-11-19/h4-9,12-13H,3,10,20H2,1-2H3. The van der Waals surface area contributed by atoms with Crippen LogP contribution >= 0.6 is 0 Å². The van der Waals surface area contributed by atoms with Gasteiger partial charge in [0.25, 0.3) is 0 Å². The molecule has 0 aliphatic heterocycles. The molecule has 0 saturated heterocycles. The van der Waals surface area contributed by atoms with Crippen LogP contribution in [0.15, 0.2) is 42.5 Å². The monoisotopic (exact) mass is 280 g/mol. The van der Waals surface area contributed by atoms with Crippen LogP contribution in [-0.4, -0.2) is 0 Å². The first-order valence-corrected chi connectivity index (χ1v) is 7.17. The van der Waals surface area contributed by atoms with Crippen LogP contribution in [0.4, 0.5) is 5.69 Å². The van der Waals surface area contributed by atoms with Gasteiger partial charge in [-0.3, -0.25) is 0 Å². The molecular formula is C18H20N2O. The Morgan fingerprint density at radius 1 is 1.24 bits per heavy atom. The lowest BCUT2D eigenvalue weighted by molar-refractivity contribution is 0.470. The number of benzene rings is 2. The molecule has 0 radical (unpaired) electrons. The second-order valence-electron chi connectivity index (χ2n) is 5.14. The number of nitrogen functional groups attached to an aromatic ring is 1. The predicted octanol–water partition coefficient (Wildman–Crippen LogP) is 4.64. The minimum Gasteiger partial charge on any atom is -0.457 e. The average Bonchev–Trinajstić information content (AvgIpc) is 2.50. The fraction of sp³-hybridized carbons (Fsp3) is 0.278. The molecule has 0 bridgehead atoms. The van der Waals surface area contributed by atoms with E-state index in [1.165, 1.54) is 5.56 Å². The number of nitrogens with zero attached hydrogens (tertiary/aromatic N) is 1. The number of nitriles is 1. The zero-order valence-corrected chi connectivity index (χ0v) is 12.5. The van der Waals surface area contributed by atoms with E-state index >= 15 is 0 Å². The fourth-order valence-corrected chi connectivity index (χ4v) is 2.21. The normalized spacial score (nSPS) is 11.7. The molecule has 2 aromatic carbocycles. The summed E-state index contributed by atoms with van der Waals surface area (Å²) < 4.78 is 6.01. The molecule has 2 aromatic rings. The molecule has 1 unspecified atom stereocenters. The summed E-state index contributed by atoms with van der Waals surface area (Å²) in [6, 6.07) is 15.6. The number of rotatable bonds is 5. The van der Waals surface area contributed by atoms with E-state index in [-0.39, 0.29) is 6.42 Å². The summed E-state index contributed by atoms with van der Waals surface area (Å²) in [4.78, 5) is 0. The van der Waals surface area contributed by atoms with Gasteiger partial charge in [-0.2, -0.15) is 5.26 Å². The number of ether oxygens (including phenoxy) is 1. The molecular weight excluding hydrogens is 260 g/mol. The molecule has 3 heteroatoms. The molecule has 1 atom stereocenters. The molecule has 108 valence electrons. The molecule has 0 saturated carbocycles. The second kappa shape index (κ2) is 6.81. The topological polar surface area (TPSA) is 59.0 Å². The minimum atomic E-state index is 0.288. The van der Waals surface area contributed by atoms with E-state index in [4.69, 9.17) is 15.7 Å². The molecule has 0 heterocycles. The van der Waals surface area contributed by atoms with Gasteiger partial charge in [0.15, 0.2) is 0 Å². The van der Waals surface area contributed by atoms with Crippen molar-refractivity contribution >= 4 is 5.69 Å². The van der Waals surface area contributed by atoms with Gasteiger partial charge in [0, 0.05) is 5.69 Å². The lowest BCUT2D eigenvalue weighted by Crippen LogP contribution is -1.98. The van der Waals surface area contributed by atoms with Crippen LogP contribution in [0.3, 0.4) is 0 Å². The van der Waals surface area contributed by atoms with Crippen molar-refractivity contribution in [3.8, 4) is 17.6 Å². The van der Waals surface area contributed by atoms with Gasteiger partial charge in [-0.25, -0.2) is 0 Å². The van der Waals surface area contributed by atoms with Crippen molar-refractivity contribution < 1.29 is 4.74 Å². The largest absolute Gasteiger partial charge is 0.457 e. The van der Waals surface area contributed by atoms with E-state index in [2.05, 4.69) is 26.0 Å². The van der Waals surface area contributed by atoms with Gasteiger partial charge in [0.2, 0.25) is 0 Å². The van der Waals surface area contributed by atoms with Crippen molar-refractivity contribution in [1.82, 2.24) is 0 Å². The molecule has 0 spiro atoms. The third-order valence-corrected chi connectivity index (χ3v) is 3.67. The quantitative estimate of drug-likeness (QED) is 0.811. The van der Waals surface area contributed by atoms with Crippen molar-refractivity contribution in [2.75, 3.05) is 5.73 Å². The van der Waals surface area contributed by atoms with Crippen LogP contribution in [0, 0.1) is 11.3 Å². The van der Waals surface area contributed by atoms with E-state index in [1.54, 1.807) is 6.07 Å². The highest BCUT2D eigenvalue weighted by Crippen LogP contribution is 2.33. The Balaban J connectivity index is 2.31. The highest BCUT2D eigenvalue weighted by Gasteiger charge is 2.11. The fourth-order valence-electron chi connectivity index (χ4n) is 2.21. The van der Waals surface area contributed by atoms with Gasteiger partial charge in [-0.05, 0) is 47.7 Å². The van der Waals surface area contributed by atoms with E-state index in [9.17, 15) is 0 Å². The van der Waals surface area contributed by atoms with Crippen LogP contribution in [-0.2, 0) is 6.42 Å². The highest BCUT2D eigenvalue weighted by atomic mass is 16.5. The van der Waals surface area contributed by atoms with Crippen molar-refractivity contribution in [3.63, 3.8) is 0 Å². The zero-order valence-electron chi connectivity index (χ0n) is 12.5. The van der Waals surface area contributed by atoms with Gasteiger partial charge in [-0.15, -0.1) is 0 Å². The van der Waals surface area contributed by atoms with Gasteiger partial charge in [-0.1, -0.05) is 32.0 Å². The lowest BCUT2D eigenvalue weighted by Gasteiger charge is -2.16. The first kappa shape index (κ1) is 14.9. The number of para-hydroxylation sites is 1. The van der Waals surface area contributed by atoms with Gasteiger partial charge >= 0.3 is 0 Å². The lowest BCUT2D eigenvalue weighted by atomic mass is 9.98. The van der Waals surface area contributed by atoms with Crippen LogP contribution in [0.2, 0.25) is 0 Å². The smallest absolute Gasteiger partial charge is 0.130 e. The first-order chi connectivity index (χ1) is 10.2. The van der Waals surface area contributed by atoms with Gasteiger partial charge < -0.3 is 10.5 Å². The summed E-state index contributed by atoms with van der Waals surface area (Å²) in [6.45, 7) is 4.35. The summed E-state index contributed by atoms with van der Waals surface area (Å²) in [5.41, 5.74) is 8.48. The molecule has 0 aromatic heterocycles. The van der Waals surface area contributed by atoms with Crippen molar-refractivity contribution in [3.05, 3.63) is 53.6 Å². The average molecular weight is 280 g/mol. The number of nitrogens with two attached hydrogens (primary N) is 1. The maximum atomic E-state index is 8.83. The molecule has 0 amide bonds. The van der Waals surface area contributed by atoms with Gasteiger partial charge in [0.1, 0.15) is 11.5 Å². The highest BCUT2D eigenvalue weighted by molar-refractivity contribution is 5.52. The second-order valence-corrected chi connectivity index (χ2v) is 5.14. The van der Waals surface area contributed by atoms with Crippen LogP contribution in [0.1, 0.15) is 37.3 Å². The number of hydrogen-bond donors (Lipinski definition) is 1. The third-order valence-electron chi connectivity index (χ3n) is 3.67. The Bertz CT molecular complexity index is 659. The van der Waals surface area contributed by atoms with E-state index in [0.29, 0.717) is 17.4 Å². The van der Waals surface area contributed by atoms with E-state index in [1.807, 2.05) is 30.3 Å². The molecule has 2 N–H and O–H groups in total. The Morgan fingerprint density at radius 2 is 2.00 bits per heavy atom. The van der Waals surface area contributed by atoms with E-state index < -0.39 is 0 Å².